The lowest BCUT2D eigenvalue weighted by Gasteiger charge is -2.12. The molecule has 12 nitrogen and oxygen atoms in total. The fourth-order valence-corrected chi connectivity index (χ4v) is 19.1. The SMILES string of the molecule is [C-]#[N+]/C(C#N)=C1/c2cc(-c3cc(F)cc(C(F)(F)F)c3)ccc2-c2cc3c(cc21)-c1ccc(-c2cc(F)cc(C(F)(F)F)c2)cc1/C3=C(/C#N)[N+]#[C-].[C-]#[N+]/N=c1\c2cc(-c3cc(F)cc(C(F)(F)F)c3)ccc2c2cc3c(=NC#N)c4cc(-c5cc(F)cc(C(F)(F)F)c5)ccc4c3cc12.[C-]#[N+]/N=c1\c2cc(-c3ccc(C(F)(F)F)c(F)c3)ccc2c2cc3c(=NC#N)c4cc(-c5ccc(C(F)(F)F)c(F)c5)ccc4c3cc12. The fourth-order valence-electron chi connectivity index (χ4n) is 19.1. The van der Waals surface area contributed by atoms with Gasteiger partial charge in [0.15, 0.2) is 10.7 Å². The van der Waals surface area contributed by atoms with Gasteiger partial charge in [0.05, 0.1) is 79.6 Å². The average Bonchev–Trinajstić information content (AvgIpc) is 1.55. The third-order valence-electron chi connectivity index (χ3n) is 25.4. The van der Waals surface area contributed by atoms with E-state index < -0.39 is 105 Å². The van der Waals surface area contributed by atoms with Gasteiger partial charge in [0.1, 0.15) is 34.9 Å². The molecule has 0 saturated heterocycles. The Morgan fingerprint density at radius 3 is 0.723 bits per heavy atom. The van der Waals surface area contributed by atoms with E-state index in [9.17, 15) is 126 Å². The Kier molecular flexibility index (Phi) is 23.7. The first-order valence-corrected chi connectivity index (χ1v) is 42.8. The van der Waals surface area contributed by atoms with Crippen LogP contribution in [-0.4, -0.2) is 0 Å². The number of allylic oxidation sites excluding steroid dienone is 2. The molecule has 0 aliphatic heterocycles. The topological polar surface area (TPSA) is 162 Å². The van der Waals surface area contributed by atoms with Crippen LogP contribution in [0.1, 0.15) is 55.6 Å². The first-order valence-electron chi connectivity index (χ1n) is 42.8. The summed E-state index contributed by atoms with van der Waals surface area (Å²) in [6.07, 6.45) is -25.4. The second-order valence-electron chi connectivity index (χ2n) is 33.8. The molecule has 36 heteroatoms. The van der Waals surface area contributed by atoms with Crippen LogP contribution in [0, 0.1) is 107 Å². The van der Waals surface area contributed by atoms with Crippen molar-refractivity contribution in [2.24, 2.45) is 20.2 Å². The molecule has 0 amide bonds. The first-order chi connectivity index (χ1) is 70.2. The summed E-state index contributed by atoms with van der Waals surface area (Å²) in [6.45, 7) is 30.3. The minimum atomic E-state index is -4.86. The minimum Gasteiger partial charge on any atom is -0.226 e. The zero-order chi connectivity index (χ0) is 106. The van der Waals surface area contributed by atoms with Crippen molar-refractivity contribution in [3.8, 4) is 114 Å². The molecular weight excluding hydrogens is 1970 g/mol. The van der Waals surface area contributed by atoms with Gasteiger partial charge < -0.3 is 0 Å². The van der Waals surface area contributed by atoms with Gasteiger partial charge >= 0.3 is 37.1 Å². The summed E-state index contributed by atoms with van der Waals surface area (Å²) in [5.74, 6) is -7.23. The molecule has 0 aromatic heterocycles. The molecule has 19 aromatic carbocycles. The molecule has 0 bridgehead atoms. The number of benzene rings is 15. The maximum atomic E-state index is 14.4. The smallest absolute Gasteiger partial charge is 0.226 e. The van der Waals surface area contributed by atoms with Crippen LogP contribution < -0.4 is 21.4 Å². The first kappa shape index (κ1) is 97.5. The van der Waals surface area contributed by atoms with E-state index in [2.05, 4.69) is 39.8 Å². The molecule has 0 unspecified atom stereocenters. The van der Waals surface area contributed by atoms with Gasteiger partial charge in [0.2, 0.25) is 12.4 Å². The highest BCUT2D eigenvalue weighted by molar-refractivity contribution is 6.24. The summed E-state index contributed by atoms with van der Waals surface area (Å²) in [5, 5.41) is 56.7. The van der Waals surface area contributed by atoms with Crippen molar-refractivity contribution in [2.45, 2.75) is 37.1 Å². The number of alkyl halides is 18. The highest BCUT2D eigenvalue weighted by Crippen LogP contribution is 2.56. The summed E-state index contributed by atoms with van der Waals surface area (Å²) in [7, 11) is 0. The van der Waals surface area contributed by atoms with Crippen LogP contribution >= 0.6 is 0 Å². The molecule has 0 N–H and O–H groups in total. The number of fused-ring (bicyclic) bond motifs is 18. The fraction of sp³-hybridized carbons (Fsp3) is 0.0536. The molecule has 148 heavy (non-hydrogen) atoms. The summed E-state index contributed by atoms with van der Waals surface area (Å²) >= 11 is 0. The van der Waals surface area contributed by atoms with Gasteiger partial charge in [-0.25, -0.2) is 46.6 Å². The van der Waals surface area contributed by atoms with Gasteiger partial charge in [-0.1, -0.05) is 84.9 Å². The molecule has 2 aliphatic carbocycles. The lowest BCUT2D eigenvalue weighted by molar-refractivity contribution is -0.140. The molecule has 0 radical (unpaired) electrons. The van der Waals surface area contributed by atoms with Gasteiger partial charge in [0, 0.05) is 54.2 Å². The van der Waals surface area contributed by atoms with Gasteiger partial charge in [-0.05, 0) is 324 Å². The van der Waals surface area contributed by atoms with E-state index >= 15 is 0 Å². The van der Waals surface area contributed by atoms with E-state index in [0.717, 1.165) is 72.8 Å². The summed E-state index contributed by atoms with van der Waals surface area (Å²) in [6, 6.07) is 55.8. The Balaban J connectivity index is 0.000000140. The molecule has 0 fully saturated rings. The number of hydrogen-bond acceptors (Lipinski definition) is 8. The maximum Gasteiger partial charge on any atom is 0.419 e. The lowest BCUT2D eigenvalue weighted by atomic mass is 9.95. The highest BCUT2D eigenvalue weighted by atomic mass is 19.4. The van der Waals surface area contributed by atoms with Crippen molar-refractivity contribution in [1.29, 1.82) is 21.0 Å². The van der Waals surface area contributed by atoms with Crippen LogP contribution in [0.4, 0.5) is 105 Å². The van der Waals surface area contributed by atoms with Crippen LogP contribution in [0.25, 0.3) is 206 Å². The predicted molar refractivity (Wildman–Crippen MR) is 501 cm³/mol. The van der Waals surface area contributed by atoms with Crippen LogP contribution in [-0.2, 0) is 37.1 Å². The van der Waals surface area contributed by atoms with Gasteiger partial charge in [-0.15, -0.1) is 9.91 Å². The van der Waals surface area contributed by atoms with E-state index in [1.165, 1.54) is 48.5 Å². The maximum absolute atomic E-state index is 14.4. The summed E-state index contributed by atoms with van der Waals surface area (Å²) in [5.41, 5.74) is -2.94. The summed E-state index contributed by atoms with van der Waals surface area (Å²) in [4.78, 5) is 21.2. The quantitative estimate of drug-likeness (QED) is 0.0533. The summed E-state index contributed by atoms with van der Waals surface area (Å²) < 4.78 is 326. The number of hydrogen-bond donors (Lipinski definition) is 0. The van der Waals surface area contributed by atoms with E-state index in [0.29, 0.717) is 178 Å². The Labute approximate surface area is 814 Å². The van der Waals surface area contributed by atoms with Crippen molar-refractivity contribution < 1.29 is 105 Å². The van der Waals surface area contributed by atoms with Crippen LogP contribution in [0.3, 0.4) is 0 Å². The van der Waals surface area contributed by atoms with Crippen LogP contribution in [0.15, 0.2) is 286 Å². The molecule has 0 saturated carbocycles. The number of rotatable bonds is 6. The molecule has 19 aromatic rings. The van der Waals surface area contributed by atoms with Crippen LogP contribution in [0.2, 0.25) is 0 Å². The third kappa shape index (κ3) is 17.2. The van der Waals surface area contributed by atoms with Crippen LogP contribution in [0.5, 0.6) is 0 Å². The molecule has 21 rings (SSSR count). The molecule has 718 valence electrons. The van der Waals surface area contributed by atoms with Crippen molar-refractivity contribution >= 4 is 97.3 Å². The standard InChI is InChI=1S/C40H14F8N4.2C36H14F8N4/c1-51-35(17-49)37-31-11-19(21-7-23(39(43,44)45)13-25(41)9-21)3-5-27(31)29-16-34-30(15-33(29)37)28-6-4-20(12-32(28)38(34)36(18-50)52-2)22-8-24(40(46,47)48)14-26(42)10-22;1-46-48-34-26-11-18(20-5-9-30(32(38)13-20)36(42,43)44)3-7-22(26)24-14-27-23(15-28(24)34)21-6-2-17(10-25(21)33(27)47-16-45)19-4-8-29(31(37)12-19)35(39,40)41;1-46-48-34-30-11-18(20-7-22(36(42,43)44)13-24(38)9-20)3-5-26(30)28-14-31-27(15-32(28)34)25-4-2-17(10-29(25)33(31)47-16-45)19-6-21(35(39,40)41)12-23(37)8-19/h3-16H;2*2-15H/b37-35-,38-36+;2*47-33?,48-34+. The normalized spacial score (nSPS) is 13.7. The number of halogens is 24. The lowest BCUT2D eigenvalue weighted by Crippen LogP contribution is -2.07. The second kappa shape index (κ2) is 36.0. The van der Waals surface area contributed by atoms with Gasteiger partial charge in [-0.2, -0.15) is 113 Å². The molecular formula is C112H42F24N12. The zero-order valence-electron chi connectivity index (χ0n) is 73.7. The van der Waals surface area contributed by atoms with E-state index in [-0.39, 0.29) is 99.6 Å². The van der Waals surface area contributed by atoms with E-state index in [1.807, 2.05) is 12.1 Å². The van der Waals surface area contributed by atoms with Gasteiger partial charge in [0.25, 0.3) is 11.4 Å². The predicted octanol–water partition coefficient (Wildman–Crippen LogP) is 31.6. The Hall–Kier alpha value is -19.3. The Bertz CT molecular complexity index is 9250. The molecule has 0 atom stereocenters. The van der Waals surface area contributed by atoms with Crippen molar-refractivity contribution in [3.05, 3.63) is 424 Å². The number of nitrogens with zero attached hydrogens (tertiary/aromatic N) is 12. The third-order valence-corrected chi connectivity index (χ3v) is 25.4. The van der Waals surface area contributed by atoms with Crippen molar-refractivity contribution in [1.82, 2.24) is 0 Å². The zero-order valence-corrected chi connectivity index (χ0v) is 73.7. The molecule has 2 aliphatic rings. The average molecular weight is 2010 g/mol. The Morgan fingerprint density at radius 1 is 0.223 bits per heavy atom. The minimum absolute atomic E-state index is 0.0282. The monoisotopic (exact) mass is 2010 g/mol. The van der Waals surface area contributed by atoms with E-state index in [1.54, 1.807) is 109 Å². The van der Waals surface area contributed by atoms with Crippen molar-refractivity contribution in [2.75, 3.05) is 0 Å². The molecule has 0 heterocycles. The largest absolute Gasteiger partial charge is 0.419 e. The molecule has 0 spiro atoms. The van der Waals surface area contributed by atoms with Gasteiger partial charge in [-0.3, -0.25) is 0 Å². The van der Waals surface area contributed by atoms with E-state index in [4.69, 9.17) is 26.3 Å². The highest BCUT2D eigenvalue weighted by Gasteiger charge is 2.41. The number of nitriles is 4. The Morgan fingerprint density at radius 2 is 0.466 bits per heavy atom. The van der Waals surface area contributed by atoms with Crippen molar-refractivity contribution in [3.63, 3.8) is 0 Å². The second-order valence-corrected chi connectivity index (χ2v) is 33.8.